The van der Waals surface area contributed by atoms with Crippen LogP contribution in [0.15, 0.2) is 29.2 Å². The molecule has 0 atom stereocenters. The van der Waals surface area contributed by atoms with E-state index in [1.807, 2.05) is 0 Å². The number of hydrogen-bond donors (Lipinski definition) is 1. The fourth-order valence-electron chi connectivity index (χ4n) is 1.08. The molecule has 1 aromatic rings. The lowest BCUT2D eigenvalue weighted by atomic mass is 10.2. The second-order valence-electron chi connectivity index (χ2n) is 3.26. The van der Waals surface area contributed by atoms with Gasteiger partial charge in [-0.05, 0) is 17.7 Å². The van der Waals surface area contributed by atoms with E-state index in [1.165, 1.54) is 24.3 Å². The van der Waals surface area contributed by atoms with Gasteiger partial charge in [0.25, 0.3) is 0 Å². The van der Waals surface area contributed by atoms with Crippen LogP contribution in [0.2, 0.25) is 0 Å². The Kier molecular flexibility index (Phi) is 3.17. The fraction of sp³-hybridized carbons (Fsp3) is 0.250. The van der Waals surface area contributed by atoms with Crippen molar-refractivity contribution in [2.24, 2.45) is 5.14 Å². The highest BCUT2D eigenvalue weighted by molar-refractivity contribution is 7.90. The van der Waals surface area contributed by atoms with Crippen molar-refractivity contribution in [3.8, 4) is 0 Å². The topological polar surface area (TPSA) is 94.3 Å². The molecular formula is C8H11NO4S2. The molecule has 0 aromatic heterocycles. The lowest BCUT2D eigenvalue weighted by Gasteiger charge is -2.01. The first-order valence-corrected chi connectivity index (χ1v) is 7.59. The van der Waals surface area contributed by atoms with Crippen LogP contribution in [0.3, 0.4) is 0 Å². The Bertz CT molecular complexity index is 543. The lowest BCUT2D eigenvalue weighted by molar-refractivity contribution is 0.597. The molecule has 15 heavy (non-hydrogen) atoms. The van der Waals surface area contributed by atoms with Crippen LogP contribution in [0.25, 0.3) is 0 Å². The first kappa shape index (κ1) is 12.2. The van der Waals surface area contributed by atoms with Crippen LogP contribution in [-0.2, 0) is 25.6 Å². The van der Waals surface area contributed by atoms with Crippen molar-refractivity contribution in [2.45, 2.75) is 10.6 Å². The molecule has 0 unspecified atom stereocenters. The Hall–Kier alpha value is -0.920. The molecule has 84 valence electrons. The molecular weight excluding hydrogens is 238 g/mol. The average Bonchev–Trinajstić information content (AvgIpc) is 2.00. The van der Waals surface area contributed by atoms with Crippen LogP contribution in [-0.4, -0.2) is 23.1 Å². The summed E-state index contributed by atoms with van der Waals surface area (Å²) in [4.78, 5) is -0.0280. The van der Waals surface area contributed by atoms with Crippen molar-refractivity contribution >= 4 is 19.9 Å². The Morgan fingerprint density at radius 1 is 1.07 bits per heavy atom. The minimum absolute atomic E-state index is 0.0280. The minimum atomic E-state index is -3.71. The van der Waals surface area contributed by atoms with E-state index in [4.69, 9.17) is 5.14 Å². The van der Waals surface area contributed by atoms with E-state index in [0.717, 1.165) is 6.26 Å². The van der Waals surface area contributed by atoms with Crippen molar-refractivity contribution in [1.29, 1.82) is 0 Å². The van der Waals surface area contributed by atoms with Gasteiger partial charge in [-0.25, -0.2) is 22.0 Å². The van der Waals surface area contributed by atoms with Gasteiger partial charge in [0.1, 0.15) is 0 Å². The van der Waals surface area contributed by atoms with Crippen molar-refractivity contribution in [3.63, 3.8) is 0 Å². The van der Waals surface area contributed by atoms with E-state index in [2.05, 4.69) is 0 Å². The number of rotatable bonds is 3. The number of benzene rings is 1. The monoisotopic (exact) mass is 249 g/mol. The predicted octanol–water partition coefficient (Wildman–Crippen LogP) is -0.121. The number of primary sulfonamides is 1. The first-order chi connectivity index (χ1) is 6.68. The molecule has 1 rings (SSSR count). The van der Waals surface area contributed by atoms with Crippen molar-refractivity contribution in [3.05, 3.63) is 29.8 Å². The van der Waals surface area contributed by atoms with E-state index >= 15 is 0 Å². The summed E-state index contributed by atoms with van der Waals surface area (Å²) in [5.74, 6) is -0.113. The smallest absolute Gasteiger partial charge is 0.229 e. The van der Waals surface area contributed by atoms with Crippen molar-refractivity contribution in [1.82, 2.24) is 0 Å². The van der Waals surface area contributed by atoms with E-state index in [0.29, 0.717) is 5.56 Å². The molecule has 5 nitrogen and oxygen atoms in total. The summed E-state index contributed by atoms with van der Waals surface area (Å²) >= 11 is 0. The van der Waals surface area contributed by atoms with Gasteiger partial charge in [-0.15, -0.1) is 0 Å². The molecule has 0 spiro atoms. The molecule has 0 bridgehead atoms. The number of nitrogens with two attached hydrogens (primary N) is 1. The molecule has 0 amide bonds. The van der Waals surface area contributed by atoms with Crippen LogP contribution in [0, 0.1) is 0 Å². The maximum atomic E-state index is 10.9. The van der Waals surface area contributed by atoms with Gasteiger partial charge in [-0.3, -0.25) is 0 Å². The molecule has 0 fully saturated rings. The average molecular weight is 249 g/mol. The van der Waals surface area contributed by atoms with Gasteiger partial charge in [0.15, 0.2) is 9.84 Å². The maximum Gasteiger partial charge on any atom is 0.238 e. The third-order valence-electron chi connectivity index (χ3n) is 1.68. The lowest BCUT2D eigenvalue weighted by Crippen LogP contribution is -2.12. The molecule has 0 radical (unpaired) electrons. The molecule has 0 aliphatic rings. The normalized spacial score (nSPS) is 12.7. The zero-order valence-electron chi connectivity index (χ0n) is 8.04. The summed E-state index contributed by atoms with van der Waals surface area (Å²) in [7, 11) is -6.82. The summed E-state index contributed by atoms with van der Waals surface area (Å²) in [5.41, 5.74) is 0.532. The number of sulfone groups is 1. The Labute approximate surface area is 88.9 Å². The van der Waals surface area contributed by atoms with Crippen LogP contribution in [0.1, 0.15) is 5.56 Å². The predicted molar refractivity (Wildman–Crippen MR) is 56.4 cm³/mol. The van der Waals surface area contributed by atoms with Gasteiger partial charge in [-0.2, -0.15) is 0 Å². The standard InChI is InChI=1S/C8H11NO4S2/c1-14(10,11)6-7-2-4-8(5-3-7)15(9,12)13/h2-5H,6H2,1H3,(H2,9,12,13). The van der Waals surface area contributed by atoms with Crippen LogP contribution < -0.4 is 5.14 Å². The highest BCUT2D eigenvalue weighted by Gasteiger charge is 2.08. The van der Waals surface area contributed by atoms with Gasteiger partial charge in [0.2, 0.25) is 10.0 Å². The third kappa shape index (κ3) is 3.98. The molecule has 0 aliphatic carbocycles. The maximum absolute atomic E-state index is 10.9. The molecule has 1 aromatic carbocycles. The highest BCUT2D eigenvalue weighted by atomic mass is 32.2. The first-order valence-electron chi connectivity index (χ1n) is 3.98. The second kappa shape index (κ2) is 3.92. The zero-order chi connectivity index (χ0) is 11.7. The van der Waals surface area contributed by atoms with E-state index in [-0.39, 0.29) is 10.6 Å². The second-order valence-corrected chi connectivity index (χ2v) is 6.96. The summed E-state index contributed by atoms with van der Waals surface area (Å²) in [6.45, 7) is 0. The largest absolute Gasteiger partial charge is 0.238 e. The highest BCUT2D eigenvalue weighted by Crippen LogP contribution is 2.10. The van der Waals surface area contributed by atoms with Crippen LogP contribution in [0.5, 0.6) is 0 Å². The molecule has 0 saturated carbocycles. The van der Waals surface area contributed by atoms with Crippen molar-refractivity contribution in [2.75, 3.05) is 6.26 Å². The summed E-state index contributed by atoms with van der Waals surface area (Å²) in [5, 5.41) is 4.89. The number of sulfonamides is 1. The number of hydrogen-bond acceptors (Lipinski definition) is 4. The Morgan fingerprint density at radius 3 is 1.87 bits per heavy atom. The zero-order valence-corrected chi connectivity index (χ0v) is 9.68. The molecule has 0 aliphatic heterocycles. The van der Waals surface area contributed by atoms with Gasteiger partial charge in [0, 0.05) is 6.26 Å². The van der Waals surface area contributed by atoms with E-state index in [9.17, 15) is 16.8 Å². The van der Waals surface area contributed by atoms with Gasteiger partial charge < -0.3 is 0 Å². The van der Waals surface area contributed by atoms with E-state index < -0.39 is 19.9 Å². The fourth-order valence-corrected chi connectivity index (χ4v) is 2.39. The Balaban J connectivity index is 3.02. The third-order valence-corrected chi connectivity index (χ3v) is 3.47. The molecule has 2 N–H and O–H groups in total. The van der Waals surface area contributed by atoms with E-state index in [1.54, 1.807) is 0 Å². The van der Waals surface area contributed by atoms with Gasteiger partial charge in [0.05, 0.1) is 10.6 Å². The quantitative estimate of drug-likeness (QED) is 0.808. The van der Waals surface area contributed by atoms with Crippen LogP contribution in [0.4, 0.5) is 0 Å². The SMILES string of the molecule is CS(=O)(=O)Cc1ccc(S(N)(=O)=O)cc1. The molecule has 0 saturated heterocycles. The summed E-state index contributed by atoms with van der Waals surface area (Å²) < 4.78 is 43.7. The van der Waals surface area contributed by atoms with Gasteiger partial charge >= 0.3 is 0 Å². The molecule has 7 heteroatoms. The molecule has 0 heterocycles. The minimum Gasteiger partial charge on any atom is -0.229 e. The summed E-state index contributed by atoms with van der Waals surface area (Å²) in [6, 6.07) is 5.44. The van der Waals surface area contributed by atoms with Crippen LogP contribution >= 0.6 is 0 Å². The van der Waals surface area contributed by atoms with Crippen molar-refractivity contribution < 1.29 is 16.8 Å². The Morgan fingerprint density at radius 2 is 1.53 bits per heavy atom. The van der Waals surface area contributed by atoms with Gasteiger partial charge in [-0.1, -0.05) is 12.1 Å². The summed E-state index contributed by atoms with van der Waals surface area (Å²) in [6.07, 6.45) is 1.11.